The zero-order valence-corrected chi connectivity index (χ0v) is 37.9. The molecule has 2 aromatic heterocycles. The number of aryl methyl sites for hydroxylation is 4. The molecule has 4 heteroatoms. The van der Waals surface area contributed by atoms with Crippen LogP contribution in [-0.2, 0) is 0 Å². The minimum atomic E-state index is 0.424. The Morgan fingerprint density at radius 1 is 0.328 bits per heavy atom. The highest BCUT2D eigenvalue weighted by molar-refractivity contribution is 6.18. The van der Waals surface area contributed by atoms with Gasteiger partial charge in [-0.05, 0) is 173 Å². The van der Waals surface area contributed by atoms with Crippen molar-refractivity contribution < 1.29 is 8.83 Å². The van der Waals surface area contributed by atoms with Gasteiger partial charge in [0.2, 0.25) is 0 Å². The molecular formula is C60H52N2O2. The van der Waals surface area contributed by atoms with Gasteiger partial charge in [0.1, 0.15) is 22.3 Å². The summed E-state index contributed by atoms with van der Waals surface area (Å²) in [6, 6.07) is 58.0. The molecule has 4 nitrogen and oxygen atoms in total. The van der Waals surface area contributed by atoms with Crippen LogP contribution in [0.5, 0.6) is 0 Å². The second kappa shape index (κ2) is 15.2. The minimum Gasteiger partial charge on any atom is -0.456 e. The first-order valence-electron chi connectivity index (χ1n) is 22.6. The molecule has 2 heterocycles. The van der Waals surface area contributed by atoms with Gasteiger partial charge >= 0.3 is 0 Å². The smallest absolute Gasteiger partial charge is 0.139 e. The van der Waals surface area contributed by atoms with Crippen molar-refractivity contribution in [1.82, 2.24) is 0 Å². The van der Waals surface area contributed by atoms with Gasteiger partial charge in [-0.15, -0.1) is 0 Å². The van der Waals surface area contributed by atoms with Crippen LogP contribution in [0.25, 0.3) is 65.4 Å². The molecule has 0 aliphatic heterocycles. The number of hydrogen-bond acceptors (Lipinski definition) is 4. The van der Waals surface area contributed by atoms with Crippen LogP contribution in [0.1, 0.15) is 72.9 Å². The lowest BCUT2D eigenvalue weighted by atomic mass is 9.98. The normalized spacial score (nSPS) is 12.0. The maximum atomic E-state index is 6.68. The van der Waals surface area contributed by atoms with E-state index in [0.717, 1.165) is 66.0 Å². The number of nitrogens with zero attached hydrogens (tertiary/aromatic N) is 2. The van der Waals surface area contributed by atoms with E-state index in [1.165, 1.54) is 66.9 Å². The summed E-state index contributed by atoms with van der Waals surface area (Å²) in [5.41, 5.74) is 17.9. The van der Waals surface area contributed by atoms with Crippen LogP contribution in [0.15, 0.2) is 167 Å². The van der Waals surface area contributed by atoms with Gasteiger partial charge in [-0.3, -0.25) is 0 Å². The van der Waals surface area contributed by atoms with Crippen molar-refractivity contribution in [2.45, 2.75) is 67.2 Å². The summed E-state index contributed by atoms with van der Waals surface area (Å²) in [6.07, 6.45) is 0. The predicted octanol–water partition coefficient (Wildman–Crippen LogP) is 18.2. The number of anilines is 6. The third kappa shape index (κ3) is 6.59. The first-order valence-corrected chi connectivity index (χ1v) is 22.6. The van der Waals surface area contributed by atoms with E-state index in [0.29, 0.717) is 11.8 Å². The third-order valence-corrected chi connectivity index (χ3v) is 13.5. The summed E-state index contributed by atoms with van der Waals surface area (Å²) < 4.78 is 13.4. The Morgan fingerprint density at radius 3 is 1.14 bits per heavy atom. The quantitative estimate of drug-likeness (QED) is 0.153. The lowest BCUT2D eigenvalue weighted by molar-refractivity contribution is 0.656. The van der Waals surface area contributed by atoms with Crippen molar-refractivity contribution >= 4 is 99.5 Å². The minimum absolute atomic E-state index is 0.424. The Bertz CT molecular complexity index is 3400. The van der Waals surface area contributed by atoms with Crippen LogP contribution >= 0.6 is 0 Å². The van der Waals surface area contributed by atoms with E-state index < -0.39 is 0 Å². The summed E-state index contributed by atoms with van der Waals surface area (Å²) >= 11 is 0. The highest BCUT2D eigenvalue weighted by atomic mass is 16.3. The standard InChI is InChI=1S/C60H52N2O2/c1-35(2)41-19-17-39(7)55(29-41)61(53-15-11-9-13-37(53)5)47-23-21-43-27-49-51-33-52-50-28-44-22-24-48(26-46(44)32-58(50)64-60(52)34-59(51)63-57(49)31-45(43)25-47)62(54-16-12-10-14-38(54)6)56-30-42(36(3)4)20-18-40(56)8/h9-36H,1-8H3. The Morgan fingerprint density at radius 2 is 0.719 bits per heavy atom. The van der Waals surface area contributed by atoms with Gasteiger partial charge in [-0.25, -0.2) is 0 Å². The molecule has 0 spiro atoms. The Kier molecular flexibility index (Phi) is 9.39. The molecule has 0 bridgehead atoms. The van der Waals surface area contributed by atoms with E-state index in [9.17, 15) is 0 Å². The molecule has 0 saturated carbocycles. The first kappa shape index (κ1) is 39.5. The molecule has 0 amide bonds. The molecule has 314 valence electrons. The SMILES string of the molecule is Cc1ccccc1N(c1ccc2cc3c(cc2c1)oc1cc2oc4cc5cc(N(c6ccccc6C)c6cc(C(C)C)ccc6C)ccc5cc4c2cc13)c1cc(C(C)C)ccc1C. The molecule has 64 heavy (non-hydrogen) atoms. The highest BCUT2D eigenvalue weighted by Crippen LogP contribution is 2.45. The lowest BCUT2D eigenvalue weighted by Gasteiger charge is -2.29. The fourth-order valence-electron chi connectivity index (χ4n) is 9.68. The number of furan rings is 2. The van der Waals surface area contributed by atoms with Gasteiger partial charge in [-0.1, -0.05) is 100 Å². The van der Waals surface area contributed by atoms with Crippen LogP contribution in [0.3, 0.4) is 0 Å². The summed E-state index contributed by atoms with van der Waals surface area (Å²) in [5, 5.41) is 8.96. The zero-order chi connectivity index (χ0) is 44.0. The van der Waals surface area contributed by atoms with Crippen molar-refractivity contribution in [2.75, 3.05) is 9.80 Å². The second-order valence-corrected chi connectivity index (χ2v) is 18.5. The molecule has 0 unspecified atom stereocenters. The highest BCUT2D eigenvalue weighted by Gasteiger charge is 2.22. The second-order valence-electron chi connectivity index (χ2n) is 18.5. The third-order valence-electron chi connectivity index (χ3n) is 13.5. The molecule has 0 atom stereocenters. The van der Waals surface area contributed by atoms with Crippen LogP contribution in [-0.4, -0.2) is 0 Å². The average Bonchev–Trinajstić information content (AvgIpc) is 3.81. The van der Waals surface area contributed by atoms with E-state index in [-0.39, 0.29) is 0 Å². The Hall–Kier alpha value is -7.30. The van der Waals surface area contributed by atoms with Crippen LogP contribution in [0.2, 0.25) is 0 Å². The van der Waals surface area contributed by atoms with Gasteiger partial charge in [-0.2, -0.15) is 0 Å². The molecule has 0 aliphatic rings. The van der Waals surface area contributed by atoms with E-state index in [2.05, 4.69) is 223 Å². The number of rotatable bonds is 8. The fraction of sp³-hybridized carbons (Fsp3) is 0.167. The molecule has 0 aliphatic carbocycles. The maximum Gasteiger partial charge on any atom is 0.139 e. The summed E-state index contributed by atoms with van der Waals surface area (Å²) in [5.74, 6) is 0.848. The van der Waals surface area contributed by atoms with E-state index in [4.69, 9.17) is 8.83 Å². The van der Waals surface area contributed by atoms with Gasteiger partial charge in [0.05, 0.1) is 0 Å². The predicted molar refractivity (Wildman–Crippen MR) is 273 cm³/mol. The van der Waals surface area contributed by atoms with Gasteiger partial charge in [0.25, 0.3) is 0 Å². The summed E-state index contributed by atoms with van der Waals surface area (Å²) in [4.78, 5) is 4.82. The van der Waals surface area contributed by atoms with Crippen LogP contribution < -0.4 is 9.80 Å². The summed E-state index contributed by atoms with van der Waals surface area (Å²) in [6.45, 7) is 17.8. The van der Waals surface area contributed by atoms with Gasteiger partial charge < -0.3 is 18.6 Å². The largest absolute Gasteiger partial charge is 0.456 e. The molecule has 11 rings (SSSR count). The summed E-state index contributed by atoms with van der Waals surface area (Å²) in [7, 11) is 0. The van der Waals surface area contributed by atoms with Gasteiger partial charge in [0.15, 0.2) is 0 Å². The van der Waals surface area contributed by atoms with E-state index >= 15 is 0 Å². The maximum absolute atomic E-state index is 6.68. The lowest BCUT2D eigenvalue weighted by Crippen LogP contribution is -2.13. The molecule has 9 aromatic carbocycles. The molecule has 0 fully saturated rings. The van der Waals surface area contributed by atoms with Crippen molar-refractivity contribution in [2.24, 2.45) is 0 Å². The topological polar surface area (TPSA) is 32.8 Å². The van der Waals surface area contributed by atoms with Crippen molar-refractivity contribution in [1.29, 1.82) is 0 Å². The van der Waals surface area contributed by atoms with Crippen LogP contribution in [0.4, 0.5) is 34.1 Å². The van der Waals surface area contributed by atoms with E-state index in [1.807, 2.05) is 0 Å². The number of fused-ring (bicyclic) bond motifs is 8. The number of para-hydroxylation sites is 2. The molecule has 0 saturated heterocycles. The molecule has 11 aromatic rings. The number of benzene rings is 9. The average molecular weight is 833 g/mol. The molecular weight excluding hydrogens is 781 g/mol. The Labute approximate surface area is 375 Å². The van der Waals surface area contributed by atoms with Gasteiger partial charge in [0, 0.05) is 61.7 Å². The van der Waals surface area contributed by atoms with Crippen molar-refractivity contribution in [3.8, 4) is 0 Å². The van der Waals surface area contributed by atoms with Crippen molar-refractivity contribution in [3.05, 3.63) is 191 Å². The van der Waals surface area contributed by atoms with Crippen LogP contribution in [0, 0.1) is 27.7 Å². The fourth-order valence-corrected chi connectivity index (χ4v) is 9.68. The first-order chi connectivity index (χ1) is 31.0. The van der Waals surface area contributed by atoms with Crippen molar-refractivity contribution in [3.63, 3.8) is 0 Å². The van der Waals surface area contributed by atoms with E-state index in [1.54, 1.807) is 0 Å². The zero-order valence-electron chi connectivity index (χ0n) is 37.9. The monoisotopic (exact) mass is 832 g/mol. The number of hydrogen-bond donors (Lipinski definition) is 0. The Balaban J connectivity index is 1.01. The molecule has 0 N–H and O–H groups in total. The molecule has 0 radical (unpaired) electrons.